The summed E-state index contributed by atoms with van der Waals surface area (Å²) in [6.45, 7) is 2.00. The summed E-state index contributed by atoms with van der Waals surface area (Å²) in [5, 5.41) is 9.63. The number of aliphatic hydroxyl groups excluding tert-OH is 1. The fourth-order valence-corrected chi connectivity index (χ4v) is 1.91. The molecule has 0 aliphatic rings. The van der Waals surface area contributed by atoms with Gasteiger partial charge in [-0.15, -0.1) is 0 Å². The summed E-state index contributed by atoms with van der Waals surface area (Å²) in [5.74, 6) is 0. The topological polar surface area (TPSA) is 33.1 Å². The first-order chi connectivity index (χ1) is 7.70. The minimum absolute atomic E-state index is 0.00602. The van der Waals surface area contributed by atoms with Crippen molar-refractivity contribution < 1.29 is 5.11 Å². The van der Waals surface area contributed by atoms with Crippen LogP contribution in [0, 0.1) is 6.92 Å². The summed E-state index contributed by atoms with van der Waals surface area (Å²) >= 11 is 6.16. The van der Waals surface area contributed by atoms with Gasteiger partial charge < -0.3 is 5.11 Å². The predicted molar refractivity (Wildman–Crippen MR) is 65.3 cm³/mol. The van der Waals surface area contributed by atoms with Crippen molar-refractivity contribution in [3.05, 3.63) is 52.8 Å². The smallest absolute Gasteiger partial charge is 0.0682 e. The summed E-state index contributed by atoms with van der Waals surface area (Å²) in [6, 6.07) is 7.58. The molecule has 0 atom stereocenters. The number of rotatable bonds is 2. The van der Waals surface area contributed by atoms with Gasteiger partial charge in [0.15, 0.2) is 0 Å². The van der Waals surface area contributed by atoms with E-state index >= 15 is 0 Å². The number of hydrogen-bond acceptors (Lipinski definition) is 2. The van der Waals surface area contributed by atoms with Crippen LogP contribution in [0.2, 0.25) is 5.02 Å². The van der Waals surface area contributed by atoms with Crippen molar-refractivity contribution >= 4 is 11.6 Å². The fourth-order valence-electron chi connectivity index (χ4n) is 1.59. The van der Waals surface area contributed by atoms with E-state index in [1.54, 1.807) is 18.5 Å². The van der Waals surface area contributed by atoms with Crippen LogP contribution in [0.3, 0.4) is 0 Å². The van der Waals surface area contributed by atoms with Gasteiger partial charge in [-0.25, -0.2) is 0 Å². The van der Waals surface area contributed by atoms with E-state index in [9.17, 15) is 0 Å². The van der Waals surface area contributed by atoms with Crippen molar-refractivity contribution in [3.63, 3.8) is 0 Å². The third-order valence-corrected chi connectivity index (χ3v) is 2.71. The molecule has 0 aliphatic carbocycles. The number of nitrogens with zero attached hydrogens (tertiary/aromatic N) is 1. The van der Waals surface area contributed by atoms with E-state index in [1.807, 2.05) is 25.1 Å². The molecule has 0 fully saturated rings. The lowest BCUT2D eigenvalue weighted by Gasteiger charge is -2.06. The zero-order valence-corrected chi connectivity index (χ0v) is 9.70. The van der Waals surface area contributed by atoms with Crippen LogP contribution in [-0.4, -0.2) is 10.1 Å². The second-order valence-electron chi connectivity index (χ2n) is 3.72. The quantitative estimate of drug-likeness (QED) is 0.864. The predicted octanol–water partition coefficient (Wildman–Crippen LogP) is 3.20. The van der Waals surface area contributed by atoms with Gasteiger partial charge in [-0.3, -0.25) is 4.98 Å². The van der Waals surface area contributed by atoms with Crippen molar-refractivity contribution in [2.45, 2.75) is 13.5 Å². The summed E-state index contributed by atoms with van der Waals surface area (Å²) in [4.78, 5) is 4.14. The highest BCUT2D eigenvalue weighted by atomic mass is 35.5. The molecule has 3 heteroatoms. The molecule has 16 heavy (non-hydrogen) atoms. The Bertz CT molecular complexity index is 511. The Kier molecular flexibility index (Phi) is 3.22. The average Bonchev–Trinajstić information content (AvgIpc) is 2.28. The molecule has 0 unspecified atom stereocenters. The van der Waals surface area contributed by atoms with Crippen LogP contribution >= 0.6 is 11.6 Å². The van der Waals surface area contributed by atoms with Gasteiger partial charge in [-0.2, -0.15) is 0 Å². The van der Waals surface area contributed by atoms with Gasteiger partial charge in [0, 0.05) is 28.5 Å². The van der Waals surface area contributed by atoms with Crippen LogP contribution in [0.5, 0.6) is 0 Å². The minimum atomic E-state index is 0.00602. The van der Waals surface area contributed by atoms with E-state index in [2.05, 4.69) is 4.98 Å². The lowest BCUT2D eigenvalue weighted by atomic mass is 10.0. The number of hydrogen-bond donors (Lipinski definition) is 1. The van der Waals surface area contributed by atoms with Gasteiger partial charge in [0.1, 0.15) is 0 Å². The summed E-state index contributed by atoms with van der Waals surface area (Å²) in [5.41, 5.74) is 3.85. The Morgan fingerprint density at radius 1 is 1.25 bits per heavy atom. The molecule has 1 aromatic carbocycles. The van der Waals surface area contributed by atoms with E-state index in [1.165, 1.54) is 0 Å². The van der Waals surface area contributed by atoms with Gasteiger partial charge in [-0.05, 0) is 30.2 Å². The second kappa shape index (κ2) is 4.64. The highest BCUT2D eigenvalue weighted by Gasteiger charge is 2.04. The number of halogens is 1. The molecule has 0 spiro atoms. The Hall–Kier alpha value is -1.38. The SMILES string of the molecule is Cc1cncc(-c2ccc(CO)cc2Cl)c1. The van der Waals surface area contributed by atoms with Crippen LogP contribution < -0.4 is 0 Å². The molecule has 1 aromatic heterocycles. The third kappa shape index (κ3) is 2.23. The number of aryl methyl sites for hydroxylation is 1. The van der Waals surface area contributed by atoms with Gasteiger partial charge in [0.2, 0.25) is 0 Å². The van der Waals surface area contributed by atoms with E-state index in [-0.39, 0.29) is 6.61 Å². The summed E-state index contributed by atoms with van der Waals surface area (Å²) in [7, 11) is 0. The van der Waals surface area contributed by atoms with E-state index in [0.717, 1.165) is 22.3 Å². The van der Waals surface area contributed by atoms with Crippen molar-refractivity contribution in [1.29, 1.82) is 0 Å². The molecule has 0 amide bonds. The van der Waals surface area contributed by atoms with Crippen molar-refractivity contribution in [1.82, 2.24) is 4.98 Å². The standard InChI is InChI=1S/C13H12ClNO/c1-9-4-11(7-15-6-9)12-3-2-10(8-16)5-13(12)14/h2-7,16H,8H2,1H3. The lowest BCUT2D eigenvalue weighted by molar-refractivity contribution is 0.282. The van der Waals surface area contributed by atoms with E-state index in [4.69, 9.17) is 16.7 Å². The van der Waals surface area contributed by atoms with Gasteiger partial charge in [0.05, 0.1) is 6.61 Å². The Balaban J connectivity index is 2.48. The number of aromatic nitrogens is 1. The molecular weight excluding hydrogens is 222 g/mol. The molecule has 2 nitrogen and oxygen atoms in total. The first kappa shape index (κ1) is 11.1. The molecule has 1 heterocycles. The third-order valence-electron chi connectivity index (χ3n) is 2.40. The molecule has 82 valence electrons. The Morgan fingerprint density at radius 3 is 2.69 bits per heavy atom. The zero-order valence-electron chi connectivity index (χ0n) is 8.94. The lowest BCUT2D eigenvalue weighted by Crippen LogP contribution is -1.87. The number of pyridine rings is 1. The first-order valence-electron chi connectivity index (χ1n) is 5.02. The van der Waals surface area contributed by atoms with Gasteiger partial charge >= 0.3 is 0 Å². The van der Waals surface area contributed by atoms with Gasteiger partial charge in [-0.1, -0.05) is 23.7 Å². The monoisotopic (exact) mass is 233 g/mol. The first-order valence-corrected chi connectivity index (χ1v) is 5.40. The van der Waals surface area contributed by atoms with Crippen LogP contribution in [0.15, 0.2) is 36.7 Å². The maximum Gasteiger partial charge on any atom is 0.0682 e. The van der Waals surface area contributed by atoms with Gasteiger partial charge in [0.25, 0.3) is 0 Å². The molecule has 0 bridgehead atoms. The molecular formula is C13H12ClNO. The molecule has 2 rings (SSSR count). The fraction of sp³-hybridized carbons (Fsp3) is 0.154. The van der Waals surface area contributed by atoms with Crippen molar-refractivity contribution in [2.75, 3.05) is 0 Å². The largest absolute Gasteiger partial charge is 0.392 e. The van der Waals surface area contributed by atoms with Crippen LogP contribution in [0.4, 0.5) is 0 Å². The van der Waals surface area contributed by atoms with Crippen LogP contribution in [0.1, 0.15) is 11.1 Å². The summed E-state index contributed by atoms with van der Waals surface area (Å²) < 4.78 is 0. The van der Waals surface area contributed by atoms with Crippen LogP contribution in [-0.2, 0) is 6.61 Å². The van der Waals surface area contributed by atoms with Crippen molar-refractivity contribution in [2.24, 2.45) is 0 Å². The number of benzene rings is 1. The highest BCUT2D eigenvalue weighted by Crippen LogP contribution is 2.28. The van der Waals surface area contributed by atoms with E-state index < -0.39 is 0 Å². The zero-order chi connectivity index (χ0) is 11.5. The Labute approximate surface area is 99.5 Å². The van der Waals surface area contributed by atoms with Crippen LogP contribution in [0.25, 0.3) is 11.1 Å². The molecule has 1 N–H and O–H groups in total. The molecule has 0 saturated carbocycles. The molecule has 0 aliphatic heterocycles. The average molecular weight is 234 g/mol. The number of aliphatic hydroxyl groups is 1. The highest BCUT2D eigenvalue weighted by molar-refractivity contribution is 6.33. The minimum Gasteiger partial charge on any atom is -0.392 e. The molecule has 0 saturated heterocycles. The maximum absolute atomic E-state index is 9.00. The normalized spacial score (nSPS) is 10.4. The maximum atomic E-state index is 9.00. The van der Waals surface area contributed by atoms with Crippen molar-refractivity contribution in [3.8, 4) is 11.1 Å². The second-order valence-corrected chi connectivity index (χ2v) is 4.13. The molecule has 2 aromatic rings. The van der Waals surface area contributed by atoms with E-state index in [0.29, 0.717) is 5.02 Å². The Morgan fingerprint density at radius 2 is 2.06 bits per heavy atom. The molecule has 0 radical (unpaired) electrons. The summed E-state index contributed by atoms with van der Waals surface area (Å²) in [6.07, 6.45) is 3.59.